The number of hydrogen-bond acceptors (Lipinski definition) is 7. The van der Waals surface area contributed by atoms with Crippen LogP contribution in [0.3, 0.4) is 0 Å². The van der Waals surface area contributed by atoms with Crippen molar-refractivity contribution in [3.63, 3.8) is 0 Å². The van der Waals surface area contributed by atoms with Gasteiger partial charge in [0.2, 0.25) is 5.79 Å². The summed E-state index contributed by atoms with van der Waals surface area (Å²) < 4.78 is 59.5. The zero-order chi connectivity index (χ0) is 27.0. The van der Waals surface area contributed by atoms with E-state index >= 15 is 8.78 Å². The molecule has 2 amide bonds. The van der Waals surface area contributed by atoms with E-state index in [0.29, 0.717) is 0 Å². The normalized spacial score (nSPS) is 13.7. The van der Waals surface area contributed by atoms with Gasteiger partial charge in [-0.25, -0.2) is 27.6 Å². The van der Waals surface area contributed by atoms with Crippen LogP contribution < -0.4 is 10.2 Å². The van der Waals surface area contributed by atoms with Gasteiger partial charge in [0.05, 0.1) is 25.4 Å². The number of halogens is 3. The molecule has 1 aromatic heterocycles. The number of amides is 2. The Labute approximate surface area is 207 Å². The molecule has 1 rings (SSSR count). The molecule has 198 valence electrons. The zero-order valence-corrected chi connectivity index (χ0v) is 21.3. The van der Waals surface area contributed by atoms with Crippen LogP contribution in [-0.4, -0.2) is 84.2 Å². The van der Waals surface area contributed by atoms with Gasteiger partial charge in [0.1, 0.15) is 18.0 Å². The molecule has 2 unspecified atom stereocenters. The highest BCUT2D eigenvalue weighted by atomic mass is 32.1. The van der Waals surface area contributed by atoms with Crippen molar-refractivity contribution in [1.29, 1.82) is 0 Å². The van der Waals surface area contributed by atoms with Gasteiger partial charge in [0.15, 0.2) is 11.3 Å². The van der Waals surface area contributed by atoms with Gasteiger partial charge in [-0.15, -0.1) is 0 Å². The first-order chi connectivity index (χ1) is 16.2. The van der Waals surface area contributed by atoms with E-state index in [2.05, 4.69) is 10.3 Å². The van der Waals surface area contributed by atoms with Gasteiger partial charge in [0, 0.05) is 13.2 Å². The van der Waals surface area contributed by atoms with Crippen LogP contribution in [0.15, 0.2) is 12.3 Å². The summed E-state index contributed by atoms with van der Waals surface area (Å²) in [7, 11) is 0.847. The summed E-state index contributed by atoms with van der Waals surface area (Å²) in [6, 6.07) is 1.30. The maximum atomic E-state index is 15.6. The first kappa shape index (κ1) is 30.0. The van der Waals surface area contributed by atoms with E-state index in [4.69, 9.17) is 26.4 Å². The molecular weight excluding hydrogens is 493 g/mol. The lowest BCUT2D eigenvalue weighted by Crippen LogP contribution is -2.59. The Morgan fingerprint density at radius 1 is 1.20 bits per heavy atom. The van der Waals surface area contributed by atoms with Crippen molar-refractivity contribution in [2.45, 2.75) is 52.2 Å². The van der Waals surface area contributed by atoms with Crippen LogP contribution in [0, 0.1) is 0 Å². The molecule has 0 spiro atoms. The third-order valence-corrected chi connectivity index (χ3v) is 4.78. The molecule has 0 bridgehead atoms. The molecule has 1 aromatic rings. The highest BCUT2D eigenvalue weighted by Crippen LogP contribution is 2.30. The number of thiocarbonyl (C=S) groups is 1. The number of alkyl carbamates (subject to hydrolysis) is 1. The van der Waals surface area contributed by atoms with E-state index in [9.17, 15) is 18.8 Å². The van der Waals surface area contributed by atoms with Crippen molar-refractivity contribution < 1.29 is 41.8 Å². The quantitative estimate of drug-likeness (QED) is 0.217. The smallest absolute Gasteiger partial charge is 0.413 e. The third kappa shape index (κ3) is 8.01. The van der Waals surface area contributed by atoms with Crippen molar-refractivity contribution in [2.24, 2.45) is 0 Å². The summed E-state index contributed by atoms with van der Waals surface area (Å²) in [5.74, 6) is -4.31. The number of carbonyl (C=O) groups excluding carboxylic acids is 3. The van der Waals surface area contributed by atoms with Crippen molar-refractivity contribution in [1.82, 2.24) is 15.2 Å². The minimum absolute atomic E-state index is 0.00542. The first-order valence-electron chi connectivity index (χ1n) is 10.7. The number of hydrogen-bond donors (Lipinski definition) is 2. The zero-order valence-electron chi connectivity index (χ0n) is 20.4. The van der Waals surface area contributed by atoms with Crippen molar-refractivity contribution in [2.75, 3.05) is 38.4 Å². The molecule has 0 aliphatic heterocycles. The second-order valence-corrected chi connectivity index (χ2v) is 8.57. The summed E-state index contributed by atoms with van der Waals surface area (Å²) in [5, 5.41) is 1.69. The molecule has 35 heavy (non-hydrogen) atoms. The van der Waals surface area contributed by atoms with Gasteiger partial charge in [-0.05, 0) is 52.9 Å². The molecule has 1 heterocycles. The lowest BCUT2D eigenvalue weighted by molar-refractivity contribution is -0.0928. The molecule has 0 saturated carbocycles. The van der Waals surface area contributed by atoms with Gasteiger partial charge in [-0.3, -0.25) is 10.2 Å². The SMILES string of the molecule is CCOC(=O)NC(=S)N(CC(F)C(F)(CF)N(C)C(=O)OC(C)(C)C)c1cc[nH]c1C(=O)OCC. The largest absolute Gasteiger partial charge is 0.461 e. The number of anilines is 1. The standard InChI is InChI=1S/C21H31F3N4O6S/c1-7-32-16(29)15-13(9-10-25-15)28(17(35)26-18(30)33-8-2)11-14(23)21(24,12-22)27(6)19(31)34-20(3,4)5/h9-10,14,25H,7-8,11-12H2,1-6H3,(H,26,30,35). The second kappa shape index (κ2) is 12.6. The summed E-state index contributed by atoms with van der Waals surface area (Å²) in [5.41, 5.74) is -1.32. The number of esters is 1. The predicted octanol–water partition coefficient (Wildman–Crippen LogP) is 3.87. The van der Waals surface area contributed by atoms with Crippen molar-refractivity contribution in [3.8, 4) is 0 Å². The Bertz CT molecular complexity index is 910. The number of nitrogens with zero attached hydrogens (tertiary/aromatic N) is 2. The molecule has 14 heteroatoms. The summed E-state index contributed by atoms with van der Waals surface area (Å²) in [6.45, 7) is 4.69. The minimum atomic E-state index is -3.47. The van der Waals surface area contributed by atoms with Gasteiger partial charge in [-0.1, -0.05) is 0 Å². The fourth-order valence-electron chi connectivity index (χ4n) is 2.73. The molecule has 2 atom stereocenters. The third-order valence-electron chi connectivity index (χ3n) is 4.46. The van der Waals surface area contributed by atoms with Crippen LogP contribution in [0.5, 0.6) is 0 Å². The van der Waals surface area contributed by atoms with E-state index in [1.165, 1.54) is 40.0 Å². The van der Waals surface area contributed by atoms with E-state index in [1.54, 1.807) is 6.92 Å². The maximum absolute atomic E-state index is 15.6. The molecule has 0 radical (unpaired) electrons. The first-order valence-corrected chi connectivity index (χ1v) is 11.1. The number of nitrogens with one attached hydrogen (secondary N) is 2. The Kier molecular flexibility index (Phi) is 10.8. The van der Waals surface area contributed by atoms with Gasteiger partial charge in [-0.2, -0.15) is 0 Å². The molecule has 0 aromatic carbocycles. The molecule has 0 aliphatic rings. The lowest BCUT2D eigenvalue weighted by atomic mass is 10.1. The summed E-state index contributed by atoms with van der Waals surface area (Å²) >= 11 is 5.15. The molecule has 0 aliphatic carbocycles. The minimum Gasteiger partial charge on any atom is -0.461 e. The fourth-order valence-corrected chi connectivity index (χ4v) is 2.99. The summed E-state index contributed by atoms with van der Waals surface area (Å²) in [4.78, 5) is 40.1. The maximum Gasteiger partial charge on any atom is 0.413 e. The fraction of sp³-hybridized carbons (Fsp3) is 0.619. The van der Waals surface area contributed by atoms with Crippen LogP contribution in [0.1, 0.15) is 45.1 Å². The van der Waals surface area contributed by atoms with Crippen LogP contribution >= 0.6 is 12.2 Å². The highest BCUT2D eigenvalue weighted by Gasteiger charge is 2.49. The van der Waals surface area contributed by atoms with Crippen molar-refractivity contribution >= 4 is 41.2 Å². The summed E-state index contributed by atoms with van der Waals surface area (Å²) in [6.07, 6.45) is -3.71. The van der Waals surface area contributed by atoms with Crippen LogP contribution in [0.25, 0.3) is 0 Å². The van der Waals surface area contributed by atoms with Gasteiger partial charge >= 0.3 is 18.2 Å². The number of H-pyrrole nitrogens is 1. The number of aromatic nitrogens is 1. The van der Waals surface area contributed by atoms with Crippen LogP contribution in [0.2, 0.25) is 0 Å². The van der Waals surface area contributed by atoms with E-state index in [1.807, 2.05) is 0 Å². The highest BCUT2D eigenvalue weighted by molar-refractivity contribution is 7.80. The van der Waals surface area contributed by atoms with E-state index in [-0.39, 0.29) is 29.5 Å². The Balaban J connectivity index is 3.35. The number of rotatable bonds is 9. The van der Waals surface area contributed by atoms with Crippen LogP contribution in [0.4, 0.5) is 28.4 Å². The number of alkyl halides is 3. The van der Waals surface area contributed by atoms with E-state index < -0.39 is 54.1 Å². The lowest BCUT2D eigenvalue weighted by Gasteiger charge is -2.38. The molecule has 10 nitrogen and oxygen atoms in total. The Morgan fingerprint density at radius 3 is 2.31 bits per heavy atom. The molecule has 0 fully saturated rings. The number of aromatic amines is 1. The topological polar surface area (TPSA) is 113 Å². The van der Waals surface area contributed by atoms with Crippen molar-refractivity contribution in [3.05, 3.63) is 18.0 Å². The number of ether oxygens (including phenoxy) is 3. The van der Waals surface area contributed by atoms with Gasteiger partial charge < -0.3 is 24.1 Å². The second-order valence-electron chi connectivity index (χ2n) is 8.18. The molecule has 0 saturated heterocycles. The Hall–Kier alpha value is -3.03. The Morgan fingerprint density at radius 2 is 1.80 bits per heavy atom. The molecule has 2 N–H and O–H groups in total. The number of carbonyl (C=O) groups is 3. The average Bonchev–Trinajstić information content (AvgIpc) is 3.24. The van der Waals surface area contributed by atoms with E-state index in [0.717, 1.165) is 11.9 Å². The molecular formula is C21H31F3N4O6S. The monoisotopic (exact) mass is 524 g/mol. The average molecular weight is 525 g/mol. The van der Waals surface area contributed by atoms with Crippen LogP contribution in [-0.2, 0) is 14.2 Å². The van der Waals surface area contributed by atoms with Gasteiger partial charge in [0.25, 0.3) is 0 Å². The predicted molar refractivity (Wildman–Crippen MR) is 126 cm³/mol.